The molecule has 2 heterocycles. The lowest BCUT2D eigenvalue weighted by molar-refractivity contribution is 0.0525. The summed E-state index contributed by atoms with van der Waals surface area (Å²) in [5, 5.41) is 7.70. The second kappa shape index (κ2) is 12.3. The maximum atomic E-state index is 13.7. The largest absolute Gasteiger partial charge is 0.462 e. The number of esters is 1. The SMILES string of the molecule is CCOC(=O)c1c(NC(=NC(C)(C)C)Nc2ccccc2)sc2c1CC(c1ccccc1)N(C)C2c1ccccc1. The van der Waals surface area contributed by atoms with E-state index in [1.165, 1.54) is 11.1 Å². The number of fused-ring (bicyclic) bond motifs is 1. The van der Waals surface area contributed by atoms with E-state index in [4.69, 9.17) is 9.73 Å². The zero-order valence-electron chi connectivity index (χ0n) is 24.3. The number of nitrogens with zero attached hydrogens (tertiary/aromatic N) is 2. The summed E-state index contributed by atoms with van der Waals surface area (Å²) in [6, 6.07) is 31.1. The van der Waals surface area contributed by atoms with Gasteiger partial charge in [0.2, 0.25) is 5.96 Å². The molecule has 0 radical (unpaired) electrons. The van der Waals surface area contributed by atoms with Crippen LogP contribution in [0.5, 0.6) is 0 Å². The normalized spacial score (nSPS) is 17.5. The number of thiophene rings is 1. The van der Waals surface area contributed by atoms with Gasteiger partial charge in [0.25, 0.3) is 0 Å². The van der Waals surface area contributed by atoms with Gasteiger partial charge in [-0.3, -0.25) is 4.90 Å². The predicted octanol–water partition coefficient (Wildman–Crippen LogP) is 7.92. The van der Waals surface area contributed by atoms with Gasteiger partial charge >= 0.3 is 5.97 Å². The minimum atomic E-state index is -0.351. The number of rotatable bonds is 6. The van der Waals surface area contributed by atoms with Crippen LogP contribution in [-0.2, 0) is 11.2 Å². The quantitative estimate of drug-likeness (QED) is 0.141. The molecule has 7 heteroatoms. The van der Waals surface area contributed by atoms with Gasteiger partial charge in [0, 0.05) is 16.6 Å². The van der Waals surface area contributed by atoms with Crippen LogP contribution >= 0.6 is 11.3 Å². The van der Waals surface area contributed by atoms with Gasteiger partial charge in [-0.15, -0.1) is 11.3 Å². The molecule has 212 valence electrons. The molecule has 2 unspecified atom stereocenters. The molecule has 41 heavy (non-hydrogen) atoms. The topological polar surface area (TPSA) is 66.0 Å². The lowest BCUT2D eigenvalue weighted by atomic mass is 9.86. The molecular weight excluding hydrogens is 528 g/mol. The highest BCUT2D eigenvalue weighted by molar-refractivity contribution is 7.17. The van der Waals surface area contributed by atoms with Gasteiger partial charge in [0.05, 0.1) is 23.8 Å². The predicted molar refractivity (Wildman–Crippen MR) is 170 cm³/mol. The Morgan fingerprint density at radius 2 is 1.51 bits per heavy atom. The van der Waals surface area contributed by atoms with Gasteiger partial charge in [-0.25, -0.2) is 9.79 Å². The minimum Gasteiger partial charge on any atom is -0.462 e. The lowest BCUT2D eigenvalue weighted by Crippen LogP contribution is -2.35. The van der Waals surface area contributed by atoms with Crippen LogP contribution in [0.15, 0.2) is 96.0 Å². The van der Waals surface area contributed by atoms with Gasteiger partial charge in [0.1, 0.15) is 5.00 Å². The maximum absolute atomic E-state index is 13.7. The van der Waals surface area contributed by atoms with Crippen LogP contribution in [0.1, 0.15) is 71.7 Å². The first kappa shape index (κ1) is 28.6. The van der Waals surface area contributed by atoms with E-state index in [-0.39, 0.29) is 23.6 Å². The molecule has 0 spiro atoms. The number of benzene rings is 3. The first-order chi connectivity index (χ1) is 19.7. The smallest absolute Gasteiger partial charge is 0.341 e. The molecule has 0 amide bonds. The zero-order valence-corrected chi connectivity index (χ0v) is 25.2. The van der Waals surface area contributed by atoms with Crippen LogP contribution in [0.3, 0.4) is 0 Å². The Bertz CT molecular complexity index is 1490. The van der Waals surface area contributed by atoms with Crippen molar-refractivity contribution < 1.29 is 9.53 Å². The zero-order chi connectivity index (χ0) is 29.0. The number of guanidine groups is 1. The fraction of sp³-hybridized carbons (Fsp3) is 0.294. The Morgan fingerprint density at radius 1 is 0.927 bits per heavy atom. The highest BCUT2D eigenvalue weighted by Crippen LogP contribution is 2.49. The molecule has 0 aliphatic carbocycles. The Kier molecular flexibility index (Phi) is 8.57. The first-order valence-corrected chi connectivity index (χ1v) is 14.9. The average molecular weight is 567 g/mol. The molecule has 6 nitrogen and oxygen atoms in total. The Labute approximate surface area is 247 Å². The van der Waals surface area contributed by atoms with E-state index in [0.29, 0.717) is 24.6 Å². The minimum absolute atomic E-state index is 0.0241. The first-order valence-electron chi connectivity index (χ1n) is 14.1. The third-order valence-electron chi connectivity index (χ3n) is 7.08. The van der Waals surface area contributed by atoms with Crippen molar-refractivity contribution in [2.75, 3.05) is 24.3 Å². The summed E-state index contributed by atoms with van der Waals surface area (Å²) in [4.78, 5) is 22.2. The average Bonchev–Trinajstić information content (AvgIpc) is 3.30. The summed E-state index contributed by atoms with van der Waals surface area (Å²) < 4.78 is 5.66. The van der Waals surface area contributed by atoms with Gasteiger partial charge < -0.3 is 15.4 Å². The summed E-state index contributed by atoms with van der Waals surface area (Å²) in [5.74, 6) is 0.266. The Morgan fingerprint density at radius 3 is 2.10 bits per heavy atom. The van der Waals surface area contributed by atoms with Gasteiger partial charge in [0.15, 0.2) is 0 Å². The summed E-state index contributed by atoms with van der Waals surface area (Å²) in [5.41, 5.74) is 4.60. The fourth-order valence-electron chi connectivity index (χ4n) is 5.35. The van der Waals surface area contributed by atoms with E-state index in [0.717, 1.165) is 21.1 Å². The van der Waals surface area contributed by atoms with Gasteiger partial charge in [-0.1, -0.05) is 78.9 Å². The van der Waals surface area contributed by atoms with Crippen molar-refractivity contribution in [1.29, 1.82) is 0 Å². The van der Waals surface area contributed by atoms with Crippen molar-refractivity contribution in [3.63, 3.8) is 0 Å². The van der Waals surface area contributed by atoms with E-state index in [2.05, 4.69) is 91.9 Å². The van der Waals surface area contributed by atoms with Crippen molar-refractivity contribution in [2.24, 2.45) is 4.99 Å². The van der Waals surface area contributed by atoms with Crippen LogP contribution in [0, 0.1) is 0 Å². The number of likely N-dealkylation sites (N-methyl/N-ethyl adjacent to an activating group) is 1. The number of aliphatic imine (C=N–C) groups is 1. The summed E-state index contributed by atoms with van der Waals surface area (Å²) in [7, 11) is 2.18. The van der Waals surface area contributed by atoms with Crippen LogP contribution < -0.4 is 10.6 Å². The van der Waals surface area contributed by atoms with Crippen LogP contribution in [-0.4, -0.2) is 36.0 Å². The standard InChI is InChI=1S/C34H38N4O2S/c1-6-40-32(39)28-26-22-27(23-16-10-7-11-17-23)38(5)29(24-18-12-8-13-19-24)30(26)41-31(28)36-33(37-34(2,3)4)35-25-20-14-9-15-21-25/h7-21,27,29H,6,22H2,1-5H3,(H2,35,36,37). The monoisotopic (exact) mass is 566 g/mol. The molecule has 0 saturated carbocycles. The van der Waals surface area contributed by atoms with E-state index in [1.54, 1.807) is 11.3 Å². The molecule has 0 bridgehead atoms. The molecule has 2 atom stereocenters. The Hall–Kier alpha value is -3.94. The lowest BCUT2D eigenvalue weighted by Gasteiger charge is -2.40. The molecule has 0 saturated heterocycles. The summed E-state index contributed by atoms with van der Waals surface area (Å²) in [6.45, 7) is 8.31. The number of carbonyl (C=O) groups is 1. The third kappa shape index (κ3) is 6.53. The molecule has 4 aromatic rings. The highest BCUT2D eigenvalue weighted by Gasteiger charge is 2.39. The van der Waals surface area contributed by atoms with Crippen molar-refractivity contribution >= 4 is 34.0 Å². The number of hydrogen-bond acceptors (Lipinski definition) is 5. The molecule has 1 aromatic heterocycles. The molecule has 0 fully saturated rings. The van der Waals surface area contributed by atoms with E-state index in [9.17, 15) is 4.79 Å². The molecular formula is C34H38N4O2S. The molecule has 1 aliphatic heterocycles. The second-order valence-corrected chi connectivity index (χ2v) is 12.3. The summed E-state index contributed by atoms with van der Waals surface area (Å²) >= 11 is 1.61. The van der Waals surface area contributed by atoms with E-state index >= 15 is 0 Å². The van der Waals surface area contributed by atoms with Gasteiger partial charge in [-0.05, 0) is 70.0 Å². The van der Waals surface area contributed by atoms with Crippen LogP contribution in [0.4, 0.5) is 10.7 Å². The van der Waals surface area contributed by atoms with Crippen molar-refractivity contribution in [1.82, 2.24) is 4.90 Å². The maximum Gasteiger partial charge on any atom is 0.341 e. The Balaban J connectivity index is 1.66. The van der Waals surface area contributed by atoms with Crippen molar-refractivity contribution in [2.45, 2.75) is 51.7 Å². The fourth-order valence-corrected chi connectivity index (χ4v) is 6.75. The van der Waals surface area contributed by atoms with Crippen LogP contribution in [0.2, 0.25) is 0 Å². The molecule has 2 N–H and O–H groups in total. The van der Waals surface area contributed by atoms with E-state index in [1.807, 2.05) is 49.4 Å². The van der Waals surface area contributed by atoms with E-state index < -0.39 is 0 Å². The van der Waals surface area contributed by atoms with Gasteiger partial charge in [-0.2, -0.15) is 0 Å². The highest BCUT2D eigenvalue weighted by atomic mass is 32.1. The number of anilines is 2. The number of carbonyl (C=O) groups excluding carboxylic acids is 1. The number of hydrogen-bond donors (Lipinski definition) is 2. The molecule has 3 aromatic carbocycles. The number of ether oxygens (including phenoxy) is 1. The third-order valence-corrected chi connectivity index (χ3v) is 8.28. The summed E-state index contributed by atoms with van der Waals surface area (Å²) in [6.07, 6.45) is 0.698. The second-order valence-electron chi connectivity index (χ2n) is 11.2. The van der Waals surface area contributed by atoms with Crippen LogP contribution in [0.25, 0.3) is 0 Å². The number of para-hydroxylation sites is 1. The number of nitrogens with one attached hydrogen (secondary N) is 2. The molecule has 1 aliphatic rings. The van der Waals surface area contributed by atoms with Crippen molar-refractivity contribution in [3.05, 3.63) is 118 Å². The van der Waals surface area contributed by atoms with Crippen molar-refractivity contribution in [3.8, 4) is 0 Å². The molecule has 5 rings (SSSR count).